The summed E-state index contributed by atoms with van der Waals surface area (Å²) in [5.41, 5.74) is 3.44. The van der Waals surface area contributed by atoms with Crippen LogP contribution >= 0.6 is 0 Å². The van der Waals surface area contributed by atoms with E-state index in [2.05, 4.69) is 35.8 Å². The molecule has 6 rings (SSSR count). The Balaban J connectivity index is 1.42. The molecule has 6 nitrogen and oxygen atoms in total. The lowest BCUT2D eigenvalue weighted by atomic mass is 9.68. The number of fused-ring (bicyclic) bond motifs is 7. The van der Waals surface area contributed by atoms with E-state index in [0.717, 1.165) is 41.4 Å². The summed E-state index contributed by atoms with van der Waals surface area (Å²) >= 11 is 0. The van der Waals surface area contributed by atoms with Gasteiger partial charge in [-0.25, -0.2) is 15.0 Å². The predicted octanol–water partition coefficient (Wildman–Crippen LogP) is 2.75. The number of aromatic amines is 1. The van der Waals surface area contributed by atoms with Gasteiger partial charge < -0.3 is 9.88 Å². The zero-order chi connectivity index (χ0) is 17.1. The lowest BCUT2D eigenvalue weighted by molar-refractivity contribution is 0.0309. The van der Waals surface area contributed by atoms with Crippen LogP contribution in [0.5, 0.6) is 0 Å². The van der Waals surface area contributed by atoms with Crippen LogP contribution in [-0.2, 0) is 0 Å². The smallest absolute Gasteiger partial charge is 0.182 e. The number of piperidine rings is 3. The molecule has 0 saturated carbocycles. The number of H-pyrrole nitrogens is 1. The Morgan fingerprint density at radius 1 is 1.08 bits per heavy atom. The van der Waals surface area contributed by atoms with Gasteiger partial charge in [-0.3, -0.25) is 4.90 Å². The first kappa shape index (κ1) is 15.1. The zero-order valence-corrected chi connectivity index (χ0v) is 15.1. The highest BCUT2D eigenvalue weighted by molar-refractivity contribution is 5.83. The fourth-order valence-corrected chi connectivity index (χ4v) is 6.18. The number of aromatic nitrogens is 4. The summed E-state index contributed by atoms with van der Waals surface area (Å²) in [4.78, 5) is 22.0. The van der Waals surface area contributed by atoms with Crippen LogP contribution in [-0.4, -0.2) is 56.6 Å². The van der Waals surface area contributed by atoms with Crippen molar-refractivity contribution in [3.8, 4) is 0 Å². The summed E-state index contributed by atoms with van der Waals surface area (Å²) in [6.07, 6.45) is 14.1. The minimum atomic E-state index is 0.504. The fourth-order valence-electron chi connectivity index (χ4n) is 6.18. The molecule has 2 aromatic rings. The normalized spacial score (nSPS) is 34.3. The van der Waals surface area contributed by atoms with Crippen molar-refractivity contribution >= 4 is 17.0 Å². The molecule has 136 valence electrons. The van der Waals surface area contributed by atoms with Crippen molar-refractivity contribution < 1.29 is 0 Å². The minimum absolute atomic E-state index is 0.504. The van der Waals surface area contributed by atoms with Crippen molar-refractivity contribution in [3.05, 3.63) is 24.3 Å². The molecule has 4 aliphatic rings. The maximum Gasteiger partial charge on any atom is 0.182 e. The van der Waals surface area contributed by atoms with Gasteiger partial charge in [-0.05, 0) is 50.5 Å². The maximum absolute atomic E-state index is 4.68. The van der Waals surface area contributed by atoms with Crippen molar-refractivity contribution in [2.75, 3.05) is 24.5 Å². The van der Waals surface area contributed by atoms with Crippen LogP contribution in [0.1, 0.15) is 38.5 Å². The topological polar surface area (TPSA) is 60.9 Å². The highest BCUT2D eigenvalue weighted by Gasteiger charge is 2.46. The average Bonchev–Trinajstić information content (AvgIpc) is 3.16. The van der Waals surface area contributed by atoms with Crippen LogP contribution in [0, 0.1) is 11.8 Å². The third-order valence-corrected chi connectivity index (χ3v) is 7.13. The van der Waals surface area contributed by atoms with Gasteiger partial charge in [0.2, 0.25) is 0 Å². The number of nitrogens with zero attached hydrogens (tertiary/aromatic N) is 5. The number of imidazole rings is 1. The van der Waals surface area contributed by atoms with Gasteiger partial charge in [0.25, 0.3) is 0 Å². The number of hydrogen-bond acceptors (Lipinski definition) is 5. The fraction of sp³-hybridized carbons (Fsp3) is 0.650. The molecule has 3 aliphatic heterocycles. The van der Waals surface area contributed by atoms with Crippen molar-refractivity contribution in [3.63, 3.8) is 0 Å². The summed E-state index contributed by atoms with van der Waals surface area (Å²) in [5, 5.41) is 0. The van der Waals surface area contributed by atoms with Crippen molar-refractivity contribution in [2.45, 2.75) is 50.6 Å². The second-order valence-electron chi connectivity index (χ2n) is 8.50. The Morgan fingerprint density at radius 3 is 3.08 bits per heavy atom. The van der Waals surface area contributed by atoms with Gasteiger partial charge in [0, 0.05) is 19.1 Å². The van der Waals surface area contributed by atoms with Gasteiger partial charge in [-0.2, -0.15) is 0 Å². The van der Waals surface area contributed by atoms with Gasteiger partial charge in [0.1, 0.15) is 11.8 Å². The Morgan fingerprint density at radius 2 is 2.08 bits per heavy atom. The van der Waals surface area contributed by atoms with Crippen LogP contribution in [0.4, 0.5) is 5.82 Å². The van der Waals surface area contributed by atoms with E-state index < -0.39 is 0 Å². The molecule has 26 heavy (non-hydrogen) atoms. The maximum atomic E-state index is 4.68. The van der Waals surface area contributed by atoms with E-state index >= 15 is 0 Å². The molecule has 2 aromatic heterocycles. The van der Waals surface area contributed by atoms with Gasteiger partial charge >= 0.3 is 0 Å². The van der Waals surface area contributed by atoms with E-state index in [-0.39, 0.29) is 0 Å². The first-order valence-electron chi connectivity index (χ1n) is 10.2. The average molecular weight is 350 g/mol. The van der Waals surface area contributed by atoms with Crippen LogP contribution < -0.4 is 4.90 Å². The van der Waals surface area contributed by atoms with Gasteiger partial charge in [-0.15, -0.1) is 0 Å². The molecule has 0 unspecified atom stereocenters. The van der Waals surface area contributed by atoms with Crippen molar-refractivity contribution in [1.82, 2.24) is 24.8 Å². The number of rotatable bonds is 1. The zero-order valence-electron chi connectivity index (χ0n) is 15.1. The van der Waals surface area contributed by atoms with E-state index in [0.29, 0.717) is 6.04 Å². The van der Waals surface area contributed by atoms with Crippen LogP contribution in [0.3, 0.4) is 0 Å². The van der Waals surface area contributed by atoms with E-state index in [1.807, 2.05) is 0 Å². The summed E-state index contributed by atoms with van der Waals surface area (Å²) in [6, 6.07) is 1.31. The van der Waals surface area contributed by atoms with E-state index in [4.69, 9.17) is 0 Å². The molecule has 3 saturated heterocycles. The molecule has 0 amide bonds. The number of hydrogen-bond donors (Lipinski definition) is 1. The van der Waals surface area contributed by atoms with E-state index in [9.17, 15) is 0 Å². The molecule has 3 fully saturated rings. The van der Waals surface area contributed by atoms with Crippen LogP contribution in [0.15, 0.2) is 24.3 Å². The molecule has 1 aliphatic carbocycles. The van der Waals surface area contributed by atoms with Gasteiger partial charge in [0.15, 0.2) is 11.5 Å². The standard InChI is InChI=1S/C20H26N6/c1-2-6-25-10-15-9-14(16(25)5-1)8-13-4-3-7-26(18(13)15)20-17-19(22-11-21-17)23-12-24-20/h8,11-12,14-16,18H,1-7,9-10H2,(H,21,22,23,24)/t14-,15-,16+,18+/m0/s1. The molecule has 0 spiro atoms. The first-order valence-corrected chi connectivity index (χ1v) is 10.2. The second kappa shape index (κ2) is 5.78. The van der Waals surface area contributed by atoms with Crippen molar-refractivity contribution in [1.29, 1.82) is 0 Å². The quantitative estimate of drug-likeness (QED) is 0.802. The Kier molecular flexibility index (Phi) is 3.36. The Labute approximate surface area is 153 Å². The Hall–Kier alpha value is -1.95. The highest BCUT2D eigenvalue weighted by Crippen LogP contribution is 2.46. The summed E-state index contributed by atoms with van der Waals surface area (Å²) in [7, 11) is 0. The van der Waals surface area contributed by atoms with Crippen molar-refractivity contribution in [2.24, 2.45) is 11.8 Å². The van der Waals surface area contributed by atoms with E-state index in [1.165, 1.54) is 51.6 Å². The largest absolute Gasteiger partial charge is 0.348 e. The first-order chi connectivity index (χ1) is 12.9. The SMILES string of the molecule is C1=C2CCCN(c3ncnc4nc[nH]c34)[C@H]2[C@H]2C[C@H]1[C@H]1CCCCN1C2. The molecule has 0 radical (unpaired) electrons. The van der Waals surface area contributed by atoms with E-state index in [1.54, 1.807) is 18.2 Å². The molecular formula is C20H26N6. The van der Waals surface area contributed by atoms with Gasteiger partial charge in [-0.1, -0.05) is 18.1 Å². The lowest BCUT2D eigenvalue weighted by Crippen LogP contribution is -2.59. The molecule has 0 aromatic carbocycles. The molecule has 5 heterocycles. The molecule has 1 N–H and O–H groups in total. The second-order valence-corrected chi connectivity index (χ2v) is 8.50. The summed E-state index contributed by atoms with van der Waals surface area (Å²) < 4.78 is 0. The predicted molar refractivity (Wildman–Crippen MR) is 101 cm³/mol. The third kappa shape index (κ3) is 2.17. The third-order valence-electron chi connectivity index (χ3n) is 7.13. The molecule has 6 heteroatoms. The van der Waals surface area contributed by atoms with Gasteiger partial charge in [0.05, 0.1) is 12.4 Å². The minimum Gasteiger partial charge on any atom is -0.348 e. The molecule has 4 atom stereocenters. The van der Waals surface area contributed by atoms with Crippen LogP contribution in [0.25, 0.3) is 11.2 Å². The molecular weight excluding hydrogens is 324 g/mol. The number of anilines is 1. The lowest BCUT2D eigenvalue weighted by Gasteiger charge is -2.55. The molecule has 2 bridgehead atoms. The summed E-state index contributed by atoms with van der Waals surface area (Å²) in [6.45, 7) is 3.64. The monoisotopic (exact) mass is 350 g/mol. The van der Waals surface area contributed by atoms with Crippen LogP contribution in [0.2, 0.25) is 0 Å². The summed E-state index contributed by atoms with van der Waals surface area (Å²) in [5.74, 6) is 2.54. The Bertz CT molecular complexity index is 857. The number of nitrogens with one attached hydrogen (secondary N) is 1. The highest BCUT2D eigenvalue weighted by atomic mass is 15.3.